The smallest absolute Gasteiger partial charge is 0.264 e. The van der Waals surface area contributed by atoms with Gasteiger partial charge in [0.15, 0.2) is 0 Å². The molecule has 2 heterocycles. The Bertz CT molecular complexity index is 691. The molecule has 1 N–H and O–H groups in total. The van der Waals surface area contributed by atoms with Crippen LogP contribution in [0.2, 0.25) is 0 Å². The van der Waals surface area contributed by atoms with Crippen LogP contribution in [-0.2, 0) is 30.5 Å². The van der Waals surface area contributed by atoms with Gasteiger partial charge in [0, 0.05) is 12.0 Å². The van der Waals surface area contributed by atoms with E-state index in [2.05, 4.69) is 19.7 Å². The molecule has 1 aliphatic rings. The first kappa shape index (κ1) is 15.4. The molecule has 1 atom stereocenters. The van der Waals surface area contributed by atoms with Gasteiger partial charge in [-0.05, 0) is 12.5 Å². The molecule has 114 valence electrons. The maximum Gasteiger partial charge on any atom is 0.264 e. The average Bonchev–Trinajstić information content (AvgIpc) is 2.37. The minimum absolute atomic E-state index is 0.0397. The summed E-state index contributed by atoms with van der Waals surface area (Å²) in [7, 11) is -3.67. The molecule has 1 fully saturated rings. The van der Waals surface area contributed by atoms with Crippen LogP contribution in [0.3, 0.4) is 0 Å². The summed E-state index contributed by atoms with van der Waals surface area (Å²) in [5.74, 6) is -2.84. The maximum atomic E-state index is 13.7. The van der Waals surface area contributed by atoms with Gasteiger partial charge in [0.05, 0.1) is 17.9 Å². The van der Waals surface area contributed by atoms with Gasteiger partial charge >= 0.3 is 0 Å². The molecule has 0 saturated carbocycles. The molecule has 1 unspecified atom stereocenters. The topological polar surface area (TPSA) is 115 Å². The zero-order valence-corrected chi connectivity index (χ0v) is 11.8. The standard InChI is InChI=1S/C11H12FN3O5S/c1-21(18,19)20-5-6-4-8(10(12)15-14-6)7-2-3-9(16)13-11(7)17/h4,7H,2-3,5H2,1H3,(H,13,16,17). The Labute approximate surface area is 119 Å². The lowest BCUT2D eigenvalue weighted by atomic mass is 9.91. The minimum atomic E-state index is -3.67. The van der Waals surface area contributed by atoms with Gasteiger partial charge in [0.1, 0.15) is 6.61 Å². The highest BCUT2D eigenvalue weighted by Gasteiger charge is 2.31. The maximum absolute atomic E-state index is 13.7. The summed E-state index contributed by atoms with van der Waals surface area (Å²) in [5.41, 5.74) is 0.0311. The fourth-order valence-corrected chi connectivity index (χ4v) is 2.24. The number of halogens is 1. The number of rotatable bonds is 4. The van der Waals surface area contributed by atoms with E-state index in [0.717, 1.165) is 6.26 Å². The second-order valence-electron chi connectivity index (χ2n) is 4.55. The van der Waals surface area contributed by atoms with E-state index in [0.29, 0.717) is 0 Å². The third-order valence-corrected chi connectivity index (χ3v) is 3.41. The van der Waals surface area contributed by atoms with Crippen molar-refractivity contribution in [2.45, 2.75) is 25.4 Å². The molecule has 0 aliphatic carbocycles. The number of carbonyl (C=O) groups is 2. The summed E-state index contributed by atoms with van der Waals surface area (Å²) in [6, 6.07) is 1.22. The summed E-state index contributed by atoms with van der Waals surface area (Å²) in [6.07, 6.45) is 1.11. The number of carbonyl (C=O) groups excluding carboxylic acids is 2. The predicted octanol–water partition coefficient (Wildman–Crippen LogP) is -0.388. The molecular weight excluding hydrogens is 305 g/mol. The number of hydrogen-bond acceptors (Lipinski definition) is 7. The van der Waals surface area contributed by atoms with Crippen LogP contribution >= 0.6 is 0 Å². The summed E-state index contributed by atoms with van der Waals surface area (Å²) in [4.78, 5) is 22.8. The number of amides is 2. The lowest BCUT2D eigenvalue weighted by Crippen LogP contribution is -2.39. The molecule has 1 aromatic heterocycles. The predicted molar refractivity (Wildman–Crippen MR) is 66.7 cm³/mol. The Balaban J connectivity index is 2.23. The first-order valence-corrected chi connectivity index (χ1v) is 7.78. The van der Waals surface area contributed by atoms with Gasteiger partial charge in [-0.1, -0.05) is 0 Å². The van der Waals surface area contributed by atoms with Crippen LogP contribution in [0.5, 0.6) is 0 Å². The molecule has 8 nitrogen and oxygen atoms in total. The van der Waals surface area contributed by atoms with Gasteiger partial charge < -0.3 is 0 Å². The van der Waals surface area contributed by atoms with Gasteiger partial charge in [-0.25, -0.2) is 0 Å². The van der Waals surface area contributed by atoms with Crippen molar-refractivity contribution in [2.75, 3.05) is 6.26 Å². The summed E-state index contributed by atoms with van der Waals surface area (Å²) in [5, 5.41) is 8.83. The van der Waals surface area contributed by atoms with Gasteiger partial charge in [0.25, 0.3) is 10.1 Å². The van der Waals surface area contributed by atoms with E-state index in [1.54, 1.807) is 0 Å². The second-order valence-corrected chi connectivity index (χ2v) is 6.20. The van der Waals surface area contributed by atoms with Crippen LogP contribution in [0.1, 0.15) is 30.0 Å². The van der Waals surface area contributed by atoms with Crippen LogP contribution in [0.15, 0.2) is 6.07 Å². The van der Waals surface area contributed by atoms with Crippen molar-refractivity contribution in [1.82, 2.24) is 15.5 Å². The highest BCUT2D eigenvalue weighted by molar-refractivity contribution is 7.85. The average molecular weight is 317 g/mol. The summed E-state index contributed by atoms with van der Waals surface area (Å²) < 4.78 is 40.0. The van der Waals surface area contributed by atoms with E-state index < -0.39 is 40.4 Å². The number of nitrogens with one attached hydrogen (secondary N) is 1. The lowest BCUT2D eigenvalue weighted by Gasteiger charge is -2.21. The SMILES string of the molecule is CS(=O)(=O)OCc1cc(C2CCC(=O)NC2=O)c(F)nn1. The first-order valence-electron chi connectivity index (χ1n) is 5.96. The van der Waals surface area contributed by atoms with Crippen LogP contribution in [0, 0.1) is 5.95 Å². The minimum Gasteiger partial charge on any atom is -0.296 e. The third kappa shape index (κ3) is 4.02. The Hall–Kier alpha value is -1.94. The van der Waals surface area contributed by atoms with Crippen LogP contribution in [0.25, 0.3) is 0 Å². The Morgan fingerprint density at radius 3 is 2.76 bits per heavy atom. The van der Waals surface area contributed by atoms with E-state index in [1.165, 1.54) is 6.07 Å². The molecule has 2 rings (SSSR count). The number of hydrogen-bond donors (Lipinski definition) is 1. The normalized spacial score (nSPS) is 19.4. The Morgan fingerprint density at radius 2 is 2.14 bits per heavy atom. The number of nitrogens with zero attached hydrogens (tertiary/aromatic N) is 2. The number of aromatic nitrogens is 2. The zero-order valence-electron chi connectivity index (χ0n) is 11.0. The monoisotopic (exact) mass is 317 g/mol. The van der Waals surface area contributed by atoms with Crippen molar-refractivity contribution < 1.29 is 26.6 Å². The zero-order chi connectivity index (χ0) is 15.6. The lowest BCUT2D eigenvalue weighted by molar-refractivity contribution is -0.134. The van der Waals surface area contributed by atoms with Gasteiger partial charge in [-0.2, -0.15) is 17.9 Å². The van der Waals surface area contributed by atoms with Gasteiger partial charge in [0.2, 0.25) is 17.8 Å². The van der Waals surface area contributed by atoms with Crippen molar-refractivity contribution in [2.24, 2.45) is 0 Å². The number of piperidine rings is 1. The quantitative estimate of drug-likeness (QED) is 0.594. The van der Waals surface area contributed by atoms with E-state index in [9.17, 15) is 22.4 Å². The summed E-state index contributed by atoms with van der Waals surface area (Å²) >= 11 is 0. The van der Waals surface area contributed by atoms with Crippen LogP contribution in [0.4, 0.5) is 4.39 Å². The van der Waals surface area contributed by atoms with Gasteiger partial charge in [-0.15, -0.1) is 5.10 Å². The van der Waals surface area contributed by atoms with E-state index in [-0.39, 0.29) is 24.1 Å². The molecule has 1 saturated heterocycles. The molecule has 1 aromatic rings. The molecule has 0 spiro atoms. The van der Waals surface area contributed by atoms with Crippen LogP contribution in [-0.4, -0.2) is 36.7 Å². The van der Waals surface area contributed by atoms with Crippen LogP contribution < -0.4 is 5.32 Å². The van der Waals surface area contributed by atoms with Crippen molar-refractivity contribution in [3.05, 3.63) is 23.3 Å². The molecular formula is C11H12FN3O5S. The van der Waals surface area contributed by atoms with Crippen molar-refractivity contribution in [1.29, 1.82) is 0 Å². The largest absolute Gasteiger partial charge is 0.296 e. The molecule has 0 aromatic carbocycles. The highest BCUT2D eigenvalue weighted by atomic mass is 32.2. The molecule has 10 heteroatoms. The molecule has 1 aliphatic heterocycles. The second kappa shape index (κ2) is 5.82. The Morgan fingerprint density at radius 1 is 1.43 bits per heavy atom. The molecule has 0 radical (unpaired) electrons. The number of imide groups is 1. The van der Waals surface area contributed by atoms with Crippen molar-refractivity contribution in [3.63, 3.8) is 0 Å². The summed E-state index contributed by atoms with van der Waals surface area (Å²) in [6.45, 7) is -0.410. The van der Waals surface area contributed by atoms with E-state index >= 15 is 0 Å². The van der Waals surface area contributed by atoms with Crippen molar-refractivity contribution >= 4 is 21.9 Å². The molecule has 21 heavy (non-hydrogen) atoms. The van der Waals surface area contributed by atoms with Gasteiger partial charge in [-0.3, -0.25) is 19.1 Å². The first-order chi connectivity index (χ1) is 9.76. The third-order valence-electron chi connectivity index (χ3n) is 2.86. The highest BCUT2D eigenvalue weighted by Crippen LogP contribution is 2.26. The molecule has 0 bridgehead atoms. The fourth-order valence-electron chi connectivity index (χ4n) is 1.91. The van der Waals surface area contributed by atoms with Crippen molar-refractivity contribution in [3.8, 4) is 0 Å². The molecule has 2 amide bonds. The fraction of sp³-hybridized carbons (Fsp3) is 0.455. The Kier molecular flexibility index (Phi) is 4.28. The van der Waals surface area contributed by atoms with E-state index in [1.807, 2.05) is 0 Å². The van der Waals surface area contributed by atoms with E-state index in [4.69, 9.17) is 0 Å².